The fourth-order valence-corrected chi connectivity index (χ4v) is 2.86. The lowest BCUT2D eigenvalue weighted by molar-refractivity contribution is -0.117. The summed E-state index contributed by atoms with van der Waals surface area (Å²) in [6.07, 6.45) is 0. The van der Waals surface area contributed by atoms with Crippen molar-refractivity contribution in [1.82, 2.24) is 4.90 Å². The summed E-state index contributed by atoms with van der Waals surface area (Å²) in [6.45, 7) is 7.36. The van der Waals surface area contributed by atoms with E-state index in [0.29, 0.717) is 19.0 Å². The highest BCUT2D eigenvalue weighted by atomic mass is 16.5. The van der Waals surface area contributed by atoms with Crippen molar-refractivity contribution in [1.29, 1.82) is 0 Å². The third kappa shape index (κ3) is 5.33. The number of carbonyl (C=O) groups excluding carboxylic acids is 1. The number of anilines is 1. The number of ether oxygens (including phenoxy) is 1. The quantitative estimate of drug-likeness (QED) is 0.821. The molecule has 0 bridgehead atoms. The van der Waals surface area contributed by atoms with Crippen molar-refractivity contribution in [3.8, 4) is 5.75 Å². The van der Waals surface area contributed by atoms with E-state index in [1.807, 2.05) is 55.3 Å². The van der Waals surface area contributed by atoms with Gasteiger partial charge in [0.25, 0.3) is 0 Å². The molecule has 0 atom stereocenters. The molecule has 4 heteroatoms. The molecule has 1 amide bonds. The number of carbonyl (C=O) groups is 1. The van der Waals surface area contributed by atoms with Crippen molar-refractivity contribution in [2.24, 2.45) is 0 Å². The van der Waals surface area contributed by atoms with Gasteiger partial charge in [0.15, 0.2) is 0 Å². The van der Waals surface area contributed by atoms with Crippen LogP contribution in [0.1, 0.15) is 36.5 Å². The number of hydrogen-bond donors (Lipinski definition) is 1. The van der Waals surface area contributed by atoms with E-state index in [9.17, 15) is 4.79 Å². The molecule has 0 spiro atoms. The Hall–Kier alpha value is -2.33. The first kappa shape index (κ1) is 19.0. The van der Waals surface area contributed by atoms with Crippen LogP contribution < -0.4 is 10.1 Å². The molecule has 0 unspecified atom stereocenters. The molecule has 0 aliphatic rings. The Morgan fingerprint density at radius 2 is 1.84 bits per heavy atom. The van der Waals surface area contributed by atoms with Crippen LogP contribution in [-0.4, -0.2) is 31.5 Å². The summed E-state index contributed by atoms with van der Waals surface area (Å²) in [6, 6.07) is 14.1. The molecule has 134 valence electrons. The van der Waals surface area contributed by atoms with Crippen LogP contribution in [0, 0.1) is 6.92 Å². The van der Waals surface area contributed by atoms with Crippen molar-refractivity contribution >= 4 is 11.6 Å². The summed E-state index contributed by atoms with van der Waals surface area (Å²) >= 11 is 0. The molecule has 0 radical (unpaired) electrons. The zero-order valence-electron chi connectivity index (χ0n) is 15.8. The van der Waals surface area contributed by atoms with Crippen LogP contribution in [0.4, 0.5) is 5.69 Å². The first-order valence-corrected chi connectivity index (χ1v) is 8.61. The van der Waals surface area contributed by atoms with Gasteiger partial charge in [-0.05, 0) is 48.7 Å². The monoisotopic (exact) mass is 340 g/mol. The molecule has 4 nitrogen and oxygen atoms in total. The lowest BCUT2D eigenvalue weighted by atomic mass is 9.98. The summed E-state index contributed by atoms with van der Waals surface area (Å²) in [5, 5.41) is 3.09. The normalized spacial score (nSPS) is 11.0. The Kier molecular flexibility index (Phi) is 6.59. The minimum Gasteiger partial charge on any atom is -0.497 e. The Labute approximate surface area is 150 Å². The summed E-state index contributed by atoms with van der Waals surface area (Å²) in [5.41, 5.74) is 4.36. The molecule has 0 fully saturated rings. The van der Waals surface area contributed by atoms with Gasteiger partial charge in [-0.1, -0.05) is 44.2 Å². The lowest BCUT2D eigenvalue weighted by Gasteiger charge is -2.19. The van der Waals surface area contributed by atoms with Gasteiger partial charge in [0.2, 0.25) is 5.91 Å². The molecule has 0 saturated carbocycles. The minimum absolute atomic E-state index is 0.00668. The topological polar surface area (TPSA) is 41.6 Å². The second-order valence-corrected chi connectivity index (χ2v) is 6.76. The van der Waals surface area contributed by atoms with Gasteiger partial charge in [-0.25, -0.2) is 0 Å². The third-order valence-electron chi connectivity index (χ3n) is 4.22. The second kappa shape index (κ2) is 8.67. The highest BCUT2D eigenvalue weighted by molar-refractivity contribution is 5.93. The summed E-state index contributed by atoms with van der Waals surface area (Å²) in [7, 11) is 3.60. The number of amides is 1. The van der Waals surface area contributed by atoms with Gasteiger partial charge in [-0.3, -0.25) is 9.69 Å². The second-order valence-electron chi connectivity index (χ2n) is 6.76. The van der Waals surface area contributed by atoms with E-state index in [2.05, 4.69) is 25.2 Å². The van der Waals surface area contributed by atoms with Crippen molar-refractivity contribution in [2.45, 2.75) is 33.2 Å². The van der Waals surface area contributed by atoms with Gasteiger partial charge in [-0.2, -0.15) is 0 Å². The van der Waals surface area contributed by atoms with Gasteiger partial charge >= 0.3 is 0 Å². The van der Waals surface area contributed by atoms with Gasteiger partial charge in [0, 0.05) is 12.2 Å². The Balaban J connectivity index is 1.97. The van der Waals surface area contributed by atoms with Crippen LogP contribution in [0.2, 0.25) is 0 Å². The number of para-hydroxylation sites is 1. The maximum absolute atomic E-state index is 12.5. The van der Waals surface area contributed by atoms with E-state index in [1.54, 1.807) is 7.11 Å². The molecular weight excluding hydrogens is 312 g/mol. The van der Waals surface area contributed by atoms with Gasteiger partial charge in [-0.15, -0.1) is 0 Å². The van der Waals surface area contributed by atoms with Crippen LogP contribution in [0.3, 0.4) is 0 Å². The highest BCUT2D eigenvalue weighted by Gasteiger charge is 2.13. The number of likely N-dealkylation sites (N-methyl/N-ethyl adjacent to an activating group) is 1. The summed E-state index contributed by atoms with van der Waals surface area (Å²) < 4.78 is 5.17. The zero-order valence-corrected chi connectivity index (χ0v) is 15.8. The Morgan fingerprint density at radius 1 is 1.16 bits per heavy atom. The maximum Gasteiger partial charge on any atom is 0.238 e. The van der Waals surface area contributed by atoms with Gasteiger partial charge in [0.05, 0.1) is 13.7 Å². The van der Waals surface area contributed by atoms with Gasteiger partial charge in [0.1, 0.15) is 5.75 Å². The van der Waals surface area contributed by atoms with Crippen LogP contribution in [0.15, 0.2) is 42.5 Å². The van der Waals surface area contributed by atoms with E-state index in [4.69, 9.17) is 4.74 Å². The average molecular weight is 340 g/mol. The number of methoxy groups -OCH3 is 1. The molecule has 0 saturated heterocycles. The van der Waals surface area contributed by atoms with Crippen molar-refractivity contribution in [2.75, 3.05) is 26.0 Å². The molecule has 0 aliphatic heterocycles. The Bertz CT molecular complexity index is 708. The highest BCUT2D eigenvalue weighted by Crippen LogP contribution is 2.27. The Morgan fingerprint density at radius 3 is 2.44 bits per heavy atom. The fraction of sp³-hybridized carbons (Fsp3) is 0.381. The van der Waals surface area contributed by atoms with Crippen LogP contribution >= 0.6 is 0 Å². The van der Waals surface area contributed by atoms with E-state index >= 15 is 0 Å². The molecular formula is C21H28N2O2. The predicted octanol–water partition coefficient (Wildman–Crippen LogP) is 4.20. The van der Waals surface area contributed by atoms with E-state index in [1.165, 1.54) is 5.56 Å². The van der Waals surface area contributed by atoms with Gasteiger partial charge < -0.3 is 10.1 Å². The van der Waals surface area contributed by atoms with Crippen LogP contribution in [0.25, 0.3) is 0 Å². The van der Waals surface area contributed by atoms with E-state index in [0.717, 1.165) is 22.6 Å². The van der Waals surface area contributed by atoms with Crippen molar-refractivity contribution in [3.05, 3.63) is 59.2 Å². The number of rotatable bonds is 7. The fourth-order valence-electron chi connectivity index (χ4n) is 2.86. The summed E-state index contributed by atoms with van der Waals surface area (Å²) in [4.78, 5) is 14.5. The van der Waals surface area contributed by atoms with E-state index in [-0.39, 0.29) is 5.91 Å². The first-order valence-electron chi connectivity index (χ1n) is 8.61. The summed E-state index contributed by atoms with van der Waals surface area (Å²) in [5.74, 6) is 1.21. The predicted molar refractivity (Wildman–Crippen MR) is 103 cm³/mol. The molecule has 2 aromatic carbocycles. The molecule has 1 N–H and O–H groups in total. The SMILES string of the molecule is COc1ccc(CN(C)CC(=O)Nc2c(C)cccc2C(C)C)cc1. The van der Waals surface area contributed by atoms with E-state index < -0.39 is 0 Å². The van der Waals surface area contributed by atoms with Crippen LogP contribution in [-0.2, 0) is 11.3 Å². The first-order chi connectivity index (χ1) is 11.9. The zero-order chi connectivity index (χ0) is 18.4. The van der Waals surface area contributed by atoms with Crippen molar-refractivity contribution in [3.63, 3.8) is 0 Å². The minimum atomic E-state index is 0.00668. The maximum atomic E-state index is 12.5. The standard InChI is InChI=1S/C21H28N2O2/c1-15(2)19-8-6-7-16(3)21(19)22-20(24)14-23(4)13-17-9-11-18(25-5)12-10-17/h6-12,15H,13-14H2,1-5H3,(H,22,24). The molecule has 0 aliphatic carbocycles. The number of nitrogens with one attached hydrogen (secondary N) is 1. The van der Waals surface area contributed by atoms with Crippen molar-refractivity contribution < 1.29 is 9.53 Å². The average Bonchev–Trinajstić information content (AvgIpc) is 2.57. The largest absolute Gasteiger partial charge is 0.497 e. The third-order valence-corrected chi connectivity index (χ3v) is 4.22. The number of nitrogens with zero attached hydrogens (tertiary/aromatic N) is 1. The molecule has 2 rings (SSSR count). The smallest absolute Gasteiger partial charge is 0.238 e. The lowest BCUT2D eigenvalue weighted by Crippen LogP contribution is -2.30. The molecule has 25 heavy (non-hydrogen) atoms. The van der Waals surface area contributed by atoms with Crippen LogP contribution in [0.5, 0.6) is 5.75 Å². The molecule has 0 heterocycles. The number of benzene rings is 2. The number of hydrogen-bond acceptors (Lipinski definition) is 3. The number of aryl methyl sites for hydroxylation is 1. The molecule has 0 aromatic heterocycles. The molecule has 2 aromatic rings.